The zero-order valence-electron chi connectivity index (χ0n) is 12.9. The molecule has 0 bridgehead atoms. The predicted molar refractivity (Wildman–Crippen MR) is 90.3 cm³/mol. The van der Waals surface area contributed by atoms with Gasteiger partial charge in [0.15, 0.2) is 0 Å². The van der Waals surface area contributed by atoms with E-state index in [1.807, 2.05) is 30.3 Å². The van der Waals surface area contributed by atoms with Gasteiger partial charge < -0.3 is 15.4 Å². The molecule has 0 aliphatic carbocycles. The average molecular weight is 328 g/mol. The van der Waals surface area contributed by atoms with Gasteiger partial charge in [-0.1, -0.05) is 30.3 Å². The monoisotopic (exact) mass is 327 g/mol. The van der Waals surface area contributed by atoms with Crippen molar-refractivity contribution in [1.29, 1.82) is 0 Å². The summed E-state index contributed by atoms with van der Waals surface area (Å²) in [4.78, 5) is 14.0. The van der Waals surface area contributed by atoms with E-state index in [9.17, 15) is 4.79 Å². The number of amides is 1. The van der Waals surface area contributed by atoms with Gasteiger partial charge in [-0.15, -0.1) is 12.4 Å². The van der Waals surface area contributed by atoms with Gasteiger partial charge in [0.05, 0.1) is 13.2 Å². The molecule has 0 atom stereocenters. The summed E-state index contributed by atoms with van der Waals surface area (Å²) in [6.45, 7) is 6.90. The summed E-state index contributed by atoms with van der Waals surface area (Å²) in [5, 5.41) is 6.26. The van der Waals surface area contributed by atoms with Crippen molar-refractivity contribution < 1.29 is 9.53 Å². The number of nitrogens with one attached hydrogen (secondary N) is 2. The molecule has 6 heteroatoms. The van der Waals surface area contributed by atoms with Crippen LogP contribution < -0.4 is 10.6 Å². The smallest absolute Gasteiger partial charge is 0.222 e. The number of hydrogen-bond acceptors (Lipinski definition) is 4. The van der Waals surface area contributed by atoms with E-state index in [0.717, 1.165) is 44.8 Å². The van der Waals surface area contributed by atoms with Crippen LogP contribution in [0.15, 0.2) is 30.3 Å². The third-order valence-electron chi connectivity index (χ3n) is 3.54. The summed E-state index contributed by atoms with van der Waals surface area (Å²) in [5.41, 5.74) is 1.14. The first-order valence-electron chi connectivity index (χ1n) is 7.66. The lowest BCUT2D eigenvalue weighted by atomic mass is 10.2. The van der Waals surface area contributed by atoms with Crippen molar-refractivity contribution in [2.75, 3.05) is 45.9 Å². The third-order valence-corrected chi connectivity index (χ3v) is 3.54. The van der Waals surface area contributed by atoms with E-state index < -0.39 is 0 Å². The molecule has 1 aliphatic rings. The van der Waals surface area contributed by atoms with Crippen LogP contribution in [0.3, 0.4) is 0 Å². The number of nitrogens with zero attached hydrogens (tertiary/aromatic N) is 1. The Kier molecular flexibility index (Phi) is 9.82. The molecule has 1 fully saturated rings. The Bertz CT molecular complexity index is 411. The number of benzene rings is 1. The van der Waals surface area contributed by atoms with Crippen LogP contribution in [-0.2, 0) is 16.1 Å². The molecule has 1 aliphatic heterocycles. The molecule has 5 nitrogen and oxygen atoms in total. The molecule has 22 heavy (non-hydrogen) atoms. The van der Waals surface area contributed by atoms with Crippen LogP contribution in [0.4, 0.5) is 0 Å². The highest BCUT2D eigenvalue weighted by molar-refractivity contribution is 5.85. The lowest BCUT2D eigenvalue weighted by Gasteiger charge is -2.27. The molecule has 0 unspecified atom stereocenters. The second-order valence-electron chi connectivity index (χ2n) is 5.23. The van der Waals surface area contributed by atoms with Crippen LogP contribution >= 0.6 is 12.4 Å². The van der Waals surface area contributed by atoms with Crippen LogP contribution in [0.5, 0.6) is 0 Å². The van der Waals surface area contributed by atoms with Crippen molar-refractivity contribution >= 4 is 18.3 Å². The third kappa shape index (κ3) is 7.75. The van der Waals surface area contributed by atoms with Crippen LogP contribution in [0.25, 0.3) is 0 Å². The van der Waals surface area contributed by atoms with E-state index in [0.29, 0.717) is 19.6 Å². The zero-order chi connectivity index (χ0) is 14.8. The molecule has 1 aromatic rings. The van der Waals surface area contributed by atoms with E-state index in [1.54, 1.807) is 0 Å². The fraction of sp³-hybridized carbons (Fsp3) is 0.562. The fourth-order valence-corrected chi connectivity index (χ4v) is 2.31. The van der Waals surface area contributed by atoms with Crippen molar-refractivity contribution in [3.63, 3.8) is 0 Å². The van der Waals surface area contributed by atoms with Crippen LogP contribution in [0, 0.1) is 0 Å². The summed E-state index contributed by atoms with van der Waals surface area (Å²) >= 11 is 0. The molecular formula is C16H26ClN3O2. The first-order chi connectivity index (χ1) is 10.3. The van der Waals surface area contributed by atoms with Crippen molar-refractivity contribution in [3.05, 3.63) is 35.9 Å². The Hall–Kier alpha value is -1.14. The van der Waals surface area contributed by atoms with E-state index in [2.05, 4.69) is 15.5 Å². The molecule has 124 valence electrons. The van der Waals surface area contributed by atoms with Gasteiger partial charge in [-0.3, -0.25) is 9.69 Å². The first kappa shape index (κ1) is 18.9. The quantitative estimate of drug-likeness (QED) is 0.700. The molecule has 1 saturated heterocycles. The van der Waals surface area contributed by atoms with E-state index in [-0.39, 0.29) is 18.3 Å². The molecule has 0 spiro atoms. The minimum Gasteiger partial charge on any atom is -0.376 e. The number of rotatable bonds is 8. The highest BCUT2D eigenvalue weighted by atomic mass is 35.5. The van der Waals surface area contributed by atoms with Gasteiger partial charge in [-0.25, -0.2) is 0 Å². The number of hydrogen-bond donors (Lipinski definition) is 2. The van der Waals surface area contributed by atoms with Gasteiger partial charge in [-0.2, -0.15) is 0 Å². The Labute approximate surface area is 138 Å². The van der Waals surface area contributed by atoms with Gasteiger partial charge in [0.1, 0.15) is 0 Å². The normalized spacial score (nSPS) is 15.1. The molecular weight excluding hydrogens is 302 g/mol. The molecule has 2 N–H and O–H groups in total. The minimum absolute atomic E-state index is 0. The topological polar surface area (TPSA) is 53.6 Å². The summed E-state index contributed by atoms with van der Waals surface area (Å²) in [7, 11) is 0. The molecule has 0 radical (unpaired) electrons. The lowest BCUT2D eigenvalue weighted by Crippen LogP contribution is -2.46. The Morgan fingerprint density at radius 1 is 1.23 bits per heavy atom. The maximum absolute atomic E-state index is 11.7. The average Bonchev–Trinajstić information content (AvgIpc) is 2.54. The predicted octanol–water partition coefficient (Wildman–Crippen LogP) is 1.04. The first-order valence-corrected chi connectivity index (χ1v) is 7.66. The maximum atomic E-state index is 11.7. The van der Waals surface area contributed by atoms with Crippen LogP contribution in [0.2, 0.25) is 0 Å². The SMILES string of the molecule is Cl.O=C(CCOCc1ccccc1)NCCN1CCNCC1. The number of carbonyl (C=O) groups is 1. The fourth-order valence-electron chi connectivity index (χ4n) is 2.31. The van der Waals surface area contributed by atoms with E-state index >= 15 is 0 Å². The summed E-state index contributed by atoms with van der Waals surface area (Å²) in [5.74, 6) is 0.0678. The van der Waals surface area contributed by atoms with Gasteiger partial charge in [0.2, 0.25) is 5.91 Å². The van der Waals surface area contributed by atoms with Crippen molar-refractivity contribution in [2.24, 2.45) is 0 Å². The molecule has 0 aromatic heterocycles. The van der Waals surface area contributed by atoms with Crippen LogP contribution in [0.1, 0.15) is 12.0 Å². The Morgan fingerprint density at radius 2 is 1.95 bits per heavy atom. The summed E-state index contributed by atoms with van der Waals surface area (Å²) in [6.07, 6.45) is 0.425. The highest BCUT2D eigenvalue weighted by Gasteiger charge is 2.09. The van der Waals surface area contributed by atoms with Crippen molar-refractivity contribution in [2.45, 2.75) is 13.0 Å². The minimum atomic E-state index is 0. The lowest BCUT2D eigenvalue weighted by molar-refractivity contribution is -0.122. The number of piperazine rings is 1. The highest BCUT2D eigenvalue weighted by Crippen LogP contribution is 2.00. The summed E-state index contributed by atoms with van der Waals surface area (Å²) < 4.78 is 5.51. The zero-order valence-corrected chi connectivity index (χ0v) is 13.7. The van der Waals surface area contributed by atoms with Gasteiger partial charge in [0, 0.05) is 45.7 Å². The molecule has 1 heterocycles. The second-order valence-corrected chi connectivity index (χ2v) is 5.23. The maximum Gasteiger partial charge on any atom is 0.222 e. The molecule has 2 rings (SSSR count). The molecule has 1 amide bonds. The van der Waals surface area contributed by atoms with E-state index in [1.165, 1.54) is 0 Å². The molecule has 0 saturated carbocycles. The van der Waals surface area contributed by atoms with Gasteiger partial charge in [-0.05, 0) is 5.56 Å². The number of ether oxygens (including phenoxy) is 1. The molecule has 1 aromatic carbocycles. The second kappa shape index (κ2) is 11.4. The van der Waals surface area contributed by atoms with Crippen LogP contribution in [-0.4, -0.2) is 56.7 Å². The largest absolute Gasteiger partial charge is 0.376 e. The standard InChI is InChI=1S/C16H25N3O2.ClH/c20-16(18-9-12-19-10-7-17-8-11-19)6-13-21-14-15-4-2-1-3-5-15;/h1-5,17H,6-14H2,(H,18,20);1H. The summed E-state index contributed by atoms with van der Waals surface area (Å²) in [6, 6.07) is 10.00. The van der Waals surface area contributed by atoms with Crippen molar-refractivity contribution in [3.8, 4) is 0 Å². The van der Waals surface area contributed by atoms with Gasteiger partial charge >= 0.3 is 0 Å². The number of halogens is 1. The Balaban J connectivity index is 0.00000242. The van der Waals surface area contributed by atoms with Crippen molar-refractivity contribution in [1.82, 2.24) is 15.5 Å². The Morgan fingerprint density at radius 3 is 2.68 bits per heavy atom. The number of carbonyl (C=O) groups excluding carboxylic acids is 1. The van der Waals surface area contributed by atoms with E-state index in [4.69, 9.17) is 4.74 Å². The van der Waals surface area contributed by atoms with Gasteiger partial charge in [0.25, 0.3) is 0 Å².